The average molecular weight is 427 g/mol. The average Bonchev–Trinajstić information content (AvgIpc) is 3.15. The summed E-state index contributed by atoms with van der Waals surface area (Å²) in [5.74, 6) is 1.64. The molecular weight excluding hydrogens is 404 g/mol. The molecule has 0 N–H and O–H groups in total. The van der Waals surface area contributed by atoms with Gasteiger partial charge in [0.05, 0.1) is 5.71 Å². The molecule has 0 fully saturated rings. The van der Waals surface area contributed by atoms with Gasteiger partial charge in [0.1, 0.15) is 22.7 Å². The topological polar surface area (TPSA) is 60.1 Å². The fourth-order valence-corrected chi connectivity index (χ4v) is 4.90. The van der Waals surface area contributed by atoms with E-state index in [2.05, 4.69) is 28.6 Å². The van der Waals surface area contributed by atoms with Gasteiger partial charge >= 0.3 is 0 Å². The van der Waals surface area contributed by atoms with Crippen LogP contribution in [-0.2, 0) is 4.79 Å². The summed E-state index contributed by atoms with van der Waals surface area (Å²) in [4.78, 5) is 19.0. The fraction of sp³-hybridized carbons (Fsp3) is 0.364. The Morgan fingerprint density at radius 1 is 1.17 bits per heavy atom. The van der Waals surface area contributed by atoms with Crippen LogP contribution < -0.4 is 0 Å². The molecule has 1 aliphatic rings. The van der Waals surface area contributed by atoms with Crippen molar-refractivity contribution >= 4 is 34.4 Å². The van der Waals surface area contributed by atoms with Gasteiger partial charge in [-0.25, -0.2) is 0 Å². The molecule has 1 aromatic carbocycles. The van der Waals surface area contributed by atoms with Gasteiger partial charge in [0.25, 0.3) is 0 Å². The predicted molar refractivity (Wildman–Crippen MR) is 118 cm³/mol. The number of benzene rings is 1. The largest absolute Gasteiger partial charge is 0.299 e. The molecule has 0 saturated carbocycles. The van der Waals surface area contributed by atoms with Gasteiger partial charge in [-0.05, 0) is 38.5 Å². The number of ketones is 1. The molecule has 0 amide bonds. The molecule has 4 rings (SSSR count). The fourth-order valence-electron chi connectivity index (χ4n) is 3.56. The van der Waals surface area contributed by atoms with Crippen LogP contribution in [0.1, 0.15) is 59.5 Å². The second-order valence-electron chi connectivity index (χ2n) is 7.73. The zero-order valence-electron chi connectivity index (χ0n) is 17.2. The van der Waals surface area contributed by atoms with Crippen molar-refractivity contribution in [2.24, 2.45) is 10.9 Å². The quantitative estimate of drug-likeness (QED) is 0.560. The normalized spacial score (nSPS) is 15.7. The van der Waals surface area contributed by atoms with Crippen molar-refractivity contribution < 1.29 is 4.79 Å². The Morgan fingerprint density at radius 2 is 1.86 bits per heavy atom. The number of carbonyl (C=O) groups is 1. The van der Waals surface area contributed by atoms with Crippen molar-refractivity contribution in [2.45, 2.75) is 47.1 Å². The summed E-state index contributed by atoms with van der Waals surface area (Å²) in [6.07, 6.45) is 0.305. The Morgan fingerprint density at radius 3 is 2.52 bits per heavy atom. The van der Waals surface area contributed by atoms with E-state index in [1.807, 2.05) is 45.0 Å². The number of aromatic nitrogens is 3. The van der Waals surface area contributed by atoms with Crippen LogP contribution in [0.4, 0.5) is 0 Å². The third-order valence-corrected chi connectivity index (χ3v) is 6.84. The van der Waals surface area contributed by atoms with E-state index in [4.69, 9.17) is 16.6 Å². The van der Waals surface area contributed by atoms with Crippen LogP contribution in [0.2, 0.25) is 5.02 Å². The molecule has 1 atom stereocenters. The van der Waals surface area contributed by atoms with E-state index in [0.717, 1.165) is 33.5 Å². The lowest BCUT2D eigenvalue weighted by Crippen LogP contribution is -2.14. The molecule has 1 aliphatic heterocycles. The van der Waals surface area contributed by atoms with Gasteiger partial charge in [-0.15, -0.1) is 21.5 Å². The van der Waals surface area contributed by atoms with Gasteiger partial charge in [-0.1, -0.05) is 37.6 Å². The highest BCUT2D eigenvalue weighted by Crippen LogP contribution is 2.39. The monoisotopic (exact) mass is 426 g/mol. The number of thiophene rings is 1. The molecule has 5 nitrogen and oxygen atoms in total. The number of aryl methyl sites for hydroxylation is 2. The minimum Gasteiger partial charge on any atom is -0.299 e. The molecule has 0 saturated heterocycles. The van der Waals surface area contributed by atoms with Gasteiger partial charge in [0.2, 0.25) is 0 Å². The molecule has 7 heteroatoms. The smallest absolute Gasteiger partial charge is 0.163 e. The maximum Gasteiger partial charge on any atom is 0.163 e. The van der Waals surface area contributed by atoms with Crippen LogP contribution in [0.3, 0.4) is 0 Å². The number of hydrogen-bond donors (Lipinski definition) is 0. The predicted octanol–water partition coefficient (Wildman–Crippen LogP) is 5.41. The van der Waals surface area contributed by atoms with Gasteiger partial charge in [0, 0.05) is 33.4 Å². The van der Waals surface area contributed by atoms with Gasteiger partial charge in [0.15, 0.2) is 5.82 Å². The molecule has 0 spiro atoms. The first-order valence-corrected chi connectivity index (χ1v) is 10.9. The van der Waals surface area contributed by atoms with Crippen molar-refractivity contribution in [3.8, 4) is 5.00 Å². The Labute approximate surface area is 179 Å². The Balaban J connectivity index is 1.99. The highest BCUT2D eigenvalue weighted by atomic mass is 35.5. The number of carbonyl (C=O) groups excluding carboxylic acids is 1. The summed E-state index contributed by atoms with van der Waals surface area (Å²) in [5, 5.41) is 10.5. The maximum absolute atomic E-state index is 12.6. The summed E-state index contributed by atoms with van der Waals surface area (Å²) in [7, 11) is 0. The van der Waals surface area contributed by atoms with Gasteiger partial charge in [-0.3, -0.25) is 14.4 Å². The van der Waals surface area contributed by atoms with Crippen molar-refractivity contribution in [3.63, 3.8) is 0 Å². The molecule has 29 heavy (non-hydrogen) atoms. The lowest BCUT2D eigenvalue weighted by molar-refractivity contribution is -0.122. The van der Waals surface area contributed by atoms with Crippen LogP contribution in [0.5, 0.6) is 0 Å². The van der Waals surface area contributed by atoms with Crippen LogP contribution in [0.25, 0.3) is 5.00 Å². The van der Waals surface area contributed by atoms with E-state index in [0.29, 0.717) is 11.4 Å². The minimum atomic E-state index is -0.379. The lowest BCUT2D eigenvalue weighted by atomic mass is 9.98. The van der Waals surface area contributed by atoms with Crippen molar-refractivity contribution in [1.82, 2.24) is 14.8 Å². The van der Waals surface area contributed by atoms with Crippen LogP contribution in [0, 0.1) is 26.7 Å². The van der Waals surface area contributed by atoms with E-state index >= 15 is 0 Å². The number of halogens is 1. The number of rotatable bonds is 4. The van der Waals surface area contributed by atoms with Crippen LogP contribution in [-0.4, -0.2) is 26.3 Å². The molecule has 3 heterocycles. The number of Topliss-reactive ketones (excluding diaryl/α,β-unsaturated/α-hetero) is 1. The molecule has 150 valence electrons. The number of fused-ring (bicyclic) bond motifs is 3. The van der Waals surface area contributed by atoms with E-state index in [1.54, 1.807) is 11.3 Å². The van der Waals surface area contributed by atoms with Crippen molar-refractivity contribution in [1.29, 1.82) is 0 Å². The van der Waals surface area contributed by atoms with Crippen LogP contribution in [0.15, 0.2) is 29.3 Å². The van der Waals surface area contributed by atoms with E-state index < -0.39 is 0 Å². The molecule has 0 radical (unpaired) electrons. The second-order valence-corrected chi connectivity index (χ2v) is 9.37. The standard InChI is InChI=1S/C22H23ClN4OS/c1-11(2)18(28)10-17-21-26-25-14(5)27(21)22-19(12(3)13(4)29-22)20(24-17)15-6-8-16(23)9-7-15/h6-9,11,17H,10H2,1-5H3/t17-/m0/s1. The SMILES string of the molecule is Cc1sc2c(c1C)C(c1ccc(Cl)cc1)=N[C@@H](CC(=O)C(C)C)c1nnc(C)n1-2. The van der Waals surface area contributed by atoms with Gasteiger partial charge in [-0.2, -0.15) is 0 Å². The van der Waals surface area contributed by atoms with Gasteiger partial charge < -0.3 is 0 Å². The molecule has 0 unspecified atom stereocenters. The number of aliphatic imine (C=N–C) groups is 1. The minimum absolute atomic E-state index is 0.0528. The third kappa shape index (κ3) is 3.45. The first-order valence-electron chi connectivity index (χ1n) is 9.67. The maximum atomic E-state index is 12.6. The molecular formula is C22H23ClN4OS. The first-order chi connectivity index (χ1) is 13.8. The summed E-state index contributed by atoms with van der Waals surface area (Å²) in [5.41, 5.74) is 4.13. The molecule has 3 aromatic rings. The zero-order chi connectivity index (χ0) is 20.9. The van der Waals surface area contributed by atoms with Crippen LogP contribution >= 0.6 is 22.9 Å². The second kappa shape index (κ2) is 7.50. The zero-order valence-corrected chi connectivity index (χ0v) is 18.7. The van der Waals surface area contributed by atoms with Crippen molar-refractivity contribution in [3.05, 3.63) is 62.5 Å². The first kappa shape index (κ1) is 20.0. The Hall–Kier alpha value is -2.31. The lowest BCUT2D eigenvalue weighted by Gasteiger charge is -2.13. The molecule has 2 aromatic heterocycles. The summed E-state index contributed by atoms with van der Waals surface area (Å²) in [6, 6.07) is 7.34. The Kier molecular flexibility index (Phi) is 5.17. The molecule has 0 aliphatic carbocycles. The van der Waals surface area contributed by atoms with E-state index in [9.17, 15) is 4.79 Å². The highest BCUT2D eigenvalue weighted by Gasteiger charge is 2.32. The highest BCUT2D eigenvalue weighted by molar-refractivity contribution is 7.15. The molecule has 0 bridgehead atoms. The summed E-state index contributed by atoms with van der Waals surface area (Å²) >= 11 is 7.83. The third-order valence-electron chi connectivity index (χ3n) is 5.40. The summed E-state index contributed by atoms with van der Waals surface area (Å²) < 4.78 is 2.07. The van der Waals surface area contributed by atoms with E-state index in [1.165, 1.54) is 10.4 Å². The number of hydrogen-bond acceptors (Lipinski definition) is 5. The summed E-state index contributed by atoms with van der Waals surface area (Å²) in [6.45, 7) is 10.0. The Bertz CT molecular complexity index is 1120. The number of nitrogens with zero attached hydrogens (tertiary/aromatic N) is 4. The van der Waals surface area contributed by atoms with Crippen molar-refractivity contribution in [2.75, 3.05) is 0 Å². The van der Waals surface area contributed by atoms with E-state index in [-0.39, 0.29) is 17.7 Å².